The van der Waals surface area contributed by atoms with Crippen molar-refractivity contribution >= 4 is 5.97 Å². The summed E-state index contributed by atoms with van der Waals surface area (Å²) < 4.78 is 18.9. The van der Waals surface area contributed by atoms with Crippen LogP contribution in [-0.4, -0.2) is 18.2 Å². The summed E-state index contributed by atoms with van der Waals surface area (Å²) in [7, 11) is 1.38. The minimum Gasteiger partial charge on any atom is -0.494 e. The summed E-state index contributed by atoms with van der Waals surface area (Å²) in [5.41, 5.74) is 0.0289. The quantitative estimate of drug-likeness (QED) is 0.856. The fourth-order valence-electron chi connectivity index (χ4n) is 1.96. The second-order valence-electron chi connectivity index (χ2n) is 4.22. The first-order valence-electron chi connectivity index (χ1n) is 5.09. The molecular formula is C12H13FO3. The van der Waals surface area contributed by atoms with Gasteiger partial charge in [0.15, 0.2) is 11.6 Å². The summed E-state index contributed by atoms with van der Waals surface area (Å²) in [5, 5.41) is 9.13. The smallest absolute Gasteiger partial charge is 0.314 e. The minimum absolute atomic E-state index is 0.113. The first-order chi connectivity index (χ1) is 7.51. The molecule has 0 atom stereocenters. The molecule has 1 aliphatic carbocycles. The van der Waals surface area contributed by atoms with Crippen molar-refractivity contribution in [1.29, 1.82) is 0 Å². The number of carboxylic acids is 1. The highest BCUT2D eigenvalue weighted by molar-refractivity contribution is 5.85. The molecular weight excluding hydrogens is 211 g/mol. The van der Waals surface area contributed by atoms with E-state index in [1.807, 2.05) is 0 Å². The van der Waals surface area contributed by atoms with Gasteiger partial charge in [0.2, 0.25) is 0 Å². The minimum atomic E-state index is -1.02. The number of aryl methyl sites for hydroxylation is 1. The molecule has 0 spiro atoms. The number of carbonyl (C=O) groups is 1. The molecule has 1 aromatic carbocycles. The fraction of sp³-hybridized carbons (Fsp3) is 0.417. The number of benzene rings is 1. The highest BCUT2D eigenvalue weighted by atomic mass is 19.1. The predicted molar refractivity (Wildman–Crippen MR) is 56.2 cm³/mol. The lowest BCUT2D eigenvalue weighted by molar-refractivity contribution is -0.140. The SMILES string of the molecule is COc1cc(C)cc(C2(C(=O)O)CC2)c1F. The molecule has 1 fully saturated rings. The molecule has 3 nitrogen and oxygen atoms in total. The molecule has 2 rings (SSSR count). The highest BCUT2D eigenvalue weighted by Crippen LogP contribution is 2.50. The number of ether oxygens (including phenoxy) is 1. The molecule has 16 heavy (non-hydrogen) atoms. The van der Waals surface area contributed by atoms with E-state index in [2.05, 4.69) is 0 Å². The van der Waals surface area contributed by atoms with E-state index in [1.165, 1.54) is 7.11 Å². The van der Waals surface area contributed by atoms with Gasteiger partial charge in [0.1, 0.15) is 0 Å². The number of carboxylic acid groups (broad SMARTS) is 1. The standard InChI is InChI=1S/C12H13FO3/c1-7-5-8(10(13)9(6-7)16-2)12(3-4-12)11(14)15/h5-6H,3-4H2,1-2H3,(H,14,15). The van der Waals surface area contributed by atoms with Gasteiger partial charge in [0, 0.05) is 5.56 Å². The first-order valence-corrected chi connectivity index (χ1v) is 5.09. The molecule has 86 valence electrons. The lowest BCUT2D eigenvalue weighted by Crippen LogP contribution is -2.21. The molecule has 0 aromatic heterocycles. The van der Waals surface area contributed by atoms with Gasteiger partial charge in [-0.2, -0.15) is 0 Å². The van der Waals surface area contributed by atoms with Crippen LogP contribution in [0.1, 0.15) is 24.0 Å². The number of rotatable bonds is 3. The summed E-state index contributed by atoms with van der Waals surface area (Å²) in [6.45, 7) is 1.80. The first kappa shape index (κ1) is 10.9. The van der Waals surface area contributed by atoms with Crippen LogP contribution in [0.15, 0.2) is 12.1 Å². The lowest BCUT2D eigenvalue weighted by atomic mass is 9.93. The van der Waals surface area contributed by atoms with Crippen molar-refractivity contribution < 1.29 is 19.0 Å². The van der Waals surface area contributed by atoms with Crippen LogP contribution in [0.5, 0.6) is 5.75 Å². The summed E-state index contributed by atoms with van der Waals surface area (Å²) in [6.07, 6.45) is 0.984. The van der Waals surface area contributed by atoms with Crippen LogP contribution in [0.25, 0.3) is 0 Å². The average Bonchev–Trinajstić information content (AvgIpc) is 3.02. The van der Waals surface area contributed by atoms with Gasteiger partial charge in [0.05, 0.1) is 12.5 Å². The lowest BCUT2D eigenvalue weighted by Gasteiger charge is -2.14. The van der Waals surface area contributed by atoms with E-state index < -0.39 is 17.2 Å². The van der Waals surface area contributed by atoms with Crippen molar-refractivity contribution in [3.05, 3.63) is 29.1 Å². The van der Waals surface area contributed by atoms with Gasteiger partial charge < -0.3 is 9.84 Å². The van der Waals surface area contributed by atoms with Crippen LogP contribution >= 0.6 is 0 Å². The summed E-state index contributed by atoms with van der Waals surface area (Å²) in [5.74, 6) is -1.39. The highest BCUT2D eigenvalue weighted by Gasteiger charge is 2.53. The zero-order valence-corrected chi connectivity index (χ0v) is 9.21. The van der Waals surface area contributed by atoms with Crippen molar-refractivity contribution in [2.24, 2.45) is 0 Å². The second kappa shape index (κ2) is 3.47. The zero-order chi connectivity index (χ0) is 11.9. The van der Waals surface area contributed by atoms with Gasteiger partial charge >= 0.3 is 5.97 Å². The molecule has 1 aliphatic rings. The Morgan fingerprint density at radius 3 is 2.56 bits per heavy atom. The molecule has 0 radical (unpaired) electrons. The van der Waals surface area contributed by atoms with E-state index in [9.17, 15) is 9.18 Å². The third-order valence-corrected chi connectivity index (χ3v) is 3.08. The van der Waals surface area contributed by atoms with Crippen LogP contribution in [0, 0.1) is 12.7 Å². The number of halogens is 1. The predicted octanol–water partition coefficient (Wildman–Crippen LogP) is 2.26. The van der Waals surface area contributed by atoms with E-state index in [-0.39, 0.29) is 11.3 Å². The Morgan fingerprint density at radius 1 is 1.50 bits per heavy atom. The molecule has 0 amide bonds. The molecule has 0 bridgehead atoms. The zero-order valence-electron chi connectivity index (χ0n) is 9.21. The maximum atomic E-state index is 14.0. The molecule has 0 saturated heterocycles. The number of aliphatic carboxylic acids is 1. The van der Waals surface area contributed by atoms with Gasteiger partial charge in [-0.05, 0) is 31.4 Å². The van der Waals surface area contributed by atoms with Crippen molar-refractivity contribution in [1.82, 2.24) is 0 Å². The largest absolute Gasteiger partial charge is 0.494 e. The number of hydrogen-bond acceptors (Lipinski definition) is 2. The third kappa shape index (κ3) is 1.45. The Hall–Kier alpha value is -1.58. The van der Waals surface area contributed by atoms with E-state index in [0.29, 0.717) is 12.8 Å². The third-order valence-electron chi connectivity index (χ3n) is 3.08. The van der Waals surface area contributed by atoms with E-state index >= 15 is 0 Å². The van der Waals surface area contributed by atoms with Crippen LogP contribution < -0.4 is 4.74 Å². The van der Waals surface area contributed by atoms with Gasteiger partial charge in [0.25, 0.3) is 0 Å². The van der Waals surface area contributed by atoms with Crippen LogP contribution in [0.4, 0.5) is 4.39 Å². The van der Waals surface area contributed by atoms with Gasteiger partial charge in [-0.3, -0.25) is 4.79 Å². The average molecular weight is 224 g/mol. The molecule has 1 aromatic rings. The molecule has 1 N–H and O–H groups in total. The topological polar surface area (TPSA) is 46.5 Å². The van der Waals surface area contributed by atoms with Crippen LogP contribution in [-0.2, 0) is 10.2 Å². The maximum Gasteiger partial charge on any atom is 0.314 e. The summed E-state index contributed by atoms with van der Waals surface area (Å²) in [6, 6.07) is 3.16. The molecule has 0 aliphatic heterocycles. The Balaban J connectivity index is 2.57. The Morgan fingerprint density at radius 2 is 2.12 bits per heavy atom. The van der Waals surface area contributed by atoms with Gasteiger partial charge in [-0.15, -0.1) is 0 Å². The molecule has 4 heteroatoms. The Bertz CT molecular complexity index is 450. The van der Waals surface area contributed by atoms with Crippen LogP contribution in [0.2, 0.25) is 0 Å². The van der Waals surface area contributed by atoms with Crippen LogP contribution in [0.3, 0.4) is 0 Å². The van der Waals surface area contributed by atoms with Gasteiger partial charge in [-0.25, -0.2) is 4.39 Å². The van der Waals surface area contributed by atoms with E-state index in [0.717, 1.165) is 5.56 Å². The van der Waals surface area contributed by atoms with Gasteiger partial charge in [-0.1, -0.05) is 6.07 Å². The van der Waals surface area contributed by atoms with Crippen molar-refractivity contribution in [3.63, 3.8) is 0 Å². The second-order valence-corrected chi connectivity index (χ2v) is 4.22. The van der Waals surface area contributed by atoms with Crippen molar-refractivity contribution in [2.45, 2.75) is 25.2 Å². The Kier molecular flexibility index (Phi) is 2.37. The molecule has 0 heterocycles. The summed E-state index contributed by atoms with van der Waals surface area (Å²) >= 11 is 0. The van der Waals surface area contributed by atoms with E-state index in [1.54, 1.807) is 19.1 Å². The van der Waals surface area contributed by atoms with Crippen molar-refractivity contribution in [2.75, 3.05) is 7.11 Å². The number of hydrogen-bond donors (Lipinski definition) is 1. The van der Waals surface area contributed by atoms with E-state index in [4.69, 9.17) is 9.84 Å². The number of methoxy groups -OCH3 is 1. The normalized spacial score (nSPS) is 16.9. The molecule has 1 saturated carbocycles. The molecule has 0 unspecified atom stereocenters. The van der Waals surface area contributed by atoms with Crippen molar-refractivity contribution in [3.8, 4) is 5.75 Å². The summed E-state index contributed by atoms with van der Waals surface area (Å²) in [4.78, 5) is 11.1. The maximum absolute atomic E-state index is 14.0. The Labute approximate surface area is 92.9 Å². The fourth-order valence-corrected chi connectivity index (χ4v) is 1.96. The monoisotopic (exact) mass is 224 g/mol.